The molecule has 0 amide bonds. The smallest absolute Gasteiger partial charge is 0.328 e. The van der Waals surface area contributed by atoms with Crippen molar-refractivity contribution in [1.82, 2.24) is 4.90 Å². The summed E-state index contributed by atoms with van der Waals surface area (Å²) in [5, 5.41) is 10.8. The average molecular weight is 307 g/mol. The predicted molar refractivity (Wildman–Crippen MR) is 88.4 cm³/mol. The first-order chi connectivity index (χ1) is 9.86. The number of aliphatic carboxylic acids is 1. The highest BCUT2D eigenvalue weighted by molar-refractivity contribution is 7.10. The lowest BCUT2D eigenvalue weighted by Crippen LogP contribution is -2.37. The van der Waals surface area contributed by atoms with E-state index in [4.69, 9.17) is 5.11 Å². The fourth-order valence-corrected chi connectivity index (χ4v) is 3.86. The largest absolute Gasteiger partial charge is 0.478 e. The minimum absolute atomic E-state index is 0.407. The SMILES string of the molecule is CC(C)(C)C1CCN(Cc2sccc2C=CC(=O)O)CC1. The molecular formula is C17H25NO2S. The first-order valence-corrected chi connectivity index (χ1v) is 8.44. The quantitative estimate of drug-likeness (QED) is 0.851. The molecule has 1 N–H and O–H groups in total. The van der Waals surface area contributed by atoms with Gasteiger partial charge in [0.15, 0.2) is 0 Å². The summed E-state index contributed by atoms with van der Waals surface area (Å²) in [5.41, 5.74) is 1.45. The van der Waals surface area contributed by atoms with Gasteiger partial charge in [-0.05, 0) is 60.3 Å². The highest BCUT2D eigenvalue weighted by Gasteiger charge is 2.28. The van der Waals surface area contributed by atoms with E-state index < -0.39 is 5.97 Å². The summed E-state index contributed by atoms with van der Waals surface area (Å²) in [6.07, 6.45) is 5.44. The molecule has 0 unspecified atom stereocenters. The average Bonchev–Trinajstić information content (AvgIpc) is 2.83. The van der Waals surface area contributed by atoms with Crippen LogP contribution in [-0.4, -0.2) is 29.1 Å². The van der Waals surface area contributed by atoms with Gasteiger partial charge in [0.05, 0.1) is 0 Å². The van der Waals surface area contributed by atoms with Crippen molar-refractivity contribution in [2.45, 2.75) is 40.2 Å². The Morgan fingerprint density at radius 3 is 2.67 bits per heavy atom. The van der Waals surface area contributed by atoms with Gasteiger partial charge in [-0.2, -0.15) is 0 Å². The summed E-state index contributed by atoms with van der Waals surface area (Å²) in [6, 6.07) is 2.00. The summed E-state index contributed by atoms with van der Waals surface area (Å²) in [7, 11) is 0. The number of likely N-dealkylation sites (tertiary alicyclic amines) is 1. The number of hydrogen-bond acceptors (Lipinski definition) is 3. The van der Waals surface area contributed by atoms with Crippen LogP contribution >= 0.6 is 11.3 Å². The van der Waals surface area contributed by atoms with Crippen LogP contribution in [0.1, 0.15) is 44.1 Å². The molecule has 0 aromatic carbocycles. The molecule has 0 aliphatic carbocycles. The number of carboxylic acids is 1. The Labute approximate surface area is 131 Å². The zero-order chi connectivity index (χ0) is 15.5. The molecule has 0 atom stereocenters. The van der Waals surface area contributed by atoms with E-state index in [0.717, 1.165) is 31.1 Å². The van der Waals surface area contributed by atoms with E-state index in [0.29, 0.717) is 5.41 Å². The van der Waals surface area contributed by atoms with Gasteiger partial charge in [-0.15, -0.1) is 11.3 Å². The summed E-state index contributed by atoms with van der Waals surface area (Å²) in [5.74, 6) is -0.0818. The Hall–Kier alpha value is -1.13. The number of thiophene rings is 1. The first kappa shape index (κ1) is 16.2. The van der Waals surface area contributed by atoms with Gasteiger partial charge in [0.25, 0.3) is 0 Å². The van der Waals surface area contributed by atoms with Crippen LogP contribution in [-0.2, 0) is 11.3 Å². The zero-order valence-electron chi connectivity index (χ0n) is 13.1. The number of hydrogen-bond donors (Lipinski definition) is 1. The second-order valence-corrected chi connectivity index (χ2v) is 7.89. The third-order valence-electron chi connectivity index (χ3n) is 4.36. The molecule has 1 aliphatic rings. The van der Waals surface area contributed by atoms with Crippen LogP contribution in [0.15, 0.2) is 17.5 Å². The molecule has 1 aromatic rings. The molecule has 1 saturated heterocycles. The Bertz CT molecular complexity index is 505. The van der Waals surface area contributed by atoms with Crippen LogP contribution < -0.4 is 0 Å². The van der Waals surface area contributed by atoms with Crippen molar-refractivity contribution >= 4 is 23.4 Å². The van der Waals surface area contributed by atoms with Crippen molar-refractivity contribution in [3.05, 3.63) is 28.0 Å². The van der Waals surface area contributed by atoms with Crippen LogP contribution in [0.3, 0.4) is 0 Å². The Morgan fingerprint density at radius 1 is 1.43 bits per heavy atom. The molecule has 21 heavy (non-hydrogen) atoms. The molecule has 0 radical (unpaired) electrons. The van der Waals surface area contributed by atoms with Gasteiger partial charge >= 0.3 is 5.97 Å². The van der Waals surface area contributed by atoms with E-state index in [1.165, 1.54) is 23.8 Å². The molecule has 0 spiro atoms. The summed E-state index contributed by atoms with van der Waals surface area (Å²) < 4.78 is 0. The lowest BCUT2D eigenvalue weighted by Gasteiger charge is -2.38. The lowest BCUT2D eigenvalue weighted by atomic mass is 9.75. The fourth-order valence-electron chi connectivity index (χ4n) is 2.95. The van der Waals surface area contributed by atoms with Crippen molar-refractivity contribution in [3.8, 4) is 0 Å². The maximum atomic E-state index is 10.6. The highest BCUT2D eigenvalue weighted by atomic mass is 32.1. The normalized spacial score (nSPS) is 18.4. The van der Waals surface area contributed by atoms with Crippen LogP contribution in [0, 0.1) is 11.3 Å². The van der Waals surface area contributed by atoms with Gasteiger partial charge in [-0.1, -0.05) is 20.8 Å². The third kappa shape index (κ3) is 4.68. The molecule has 0 bridgehead atoms. The molecule has 1 aromatic heterocycles. The first-order valence-electron chi connectivity index (χ1n) is 7.56. The van der Waals surface area contributed by atoms with Gasteiger partial charge in [0.2, 0.25) is 0 Å². The van der Waals surface area contributed by atoms with Crippen LogP contribution in [0.4, 0.5) is 0 Å². The topological polar surface area (TPSA) is 40.5 Å². The van der Waals surface area contributed by atoms with E-state index in [1.807, 2.05) is 11.4 Å². The van der Waals surface area contributed by atoms with Gasteiger partial charge in [0.1, 0.15) is 0 Å². The maximum Gasteiger partial charge on any atom is 0.328 e. The van der Waals surface area contributed by atoms with E-state index in [-0.39, 0.29) is 0 Å². The molecule has 116 valence electrons. The maximum absolute atomic E-state index is 10.6. The zero-order valence-corrected chi connectivity index (χ0v) is 13.9. The molecule has 1 fully saturated rings. The molecule has 0 saturated carbocycles. The van der Waals surface area contributed by atoms with Crippen LogP contribution in [0.2, 0.25) is 0 Å². The monoisotopic (exact) mass is 307 g/mol. The minimum Gasteiger partial charge on any atom is -0.478 e. The van der Waals surface area contributed by atoms with Crippen molar-refractivity contribution in [3.63, 3.8) is 0 Å². The number of rotatable bonds is 4. The van der Waals surface area contributed by atoms with Crippen molar-refractivity contribution in [2.75, 3.05) is 13.1 Å². The van der Waals surface area contributed by atoms with E-state index in [1.54, 1.807) is 17.4 Å². The van der Waals surface area contributed by atoms with Crippen LogP contribution in [0.5, 0.6) is 0 Å². The number of piperidine rings is 1. The number of carboxylic acid groups (broad SMARTS) is 1. The standard InChI is InChI=1S/C17H25NO2S/c1-17(2,3)14-6-9-18(10-7-14)12-15-13(8-11-21-15)4-5-16(19)20/h4-5,8,11,14H,6-7,9-10,12H2,1-3H3,(H,19,20). The van der Waals surface area contributed by atoms with Gasteiger partial charge in [-0.3, -0.25) is 4.90 Å². The molecule has 2 rings (SSSR count). The summed E-state index contributed by atoms with van der Waals surface area (Å²) in [4.78, 5) is 14.4. The summed E-state index contributed by atoms with van der Waals surface area (Å²) >= 11 is 1.72. The van der Waals surface area contributed by atoms with Crippen molar-refractivity contribution < 1.29 is 9.90 Å². The van der Waals surface area contributed by atoms with E-state index in [2.05, 4.69) is 25.7 Å². The van der Waals surface area contributed by atoms with Crippen molar-refractivity contribution in [1.29, 1.82) is 0 Å². The lowest BCUT2D eigenvalue weighted by molar-refractivity contribution is -0.131. The minimum atomic E-state index is -0.891. The van der Waals surface area contributed by atoms with E-state index >= 15 is 0 Å². The van der Waals surface area contributed by atoms with Crippen molar-refractivity contribution in [2.24, 2.45) is 11.3 Å². The second-order valence-electron chi connectivity index (χ2n) is 6.89. The number of nitrogens with zero attached hydrogens (tertiary/aromatic N) is 1. The third-order valence-corrected chi connectivity index (χ3v) is 5.29. The predicted octanol–water partition coefficient (Wildman–Crippen LogP) is 4.10. The second kappa shape index (κ2) is 6.75. The molecule has 3 nitrogen and oxygen atoms in total. The molecular weight excluding hydrogens is 282 g/mol. The van der Waals surface area contributed by atoms with Gasteiger partial charge in [0, 0.05) is 17.5 Å². The summed E-state index contributed by atoms with van der Waals surface area (Å²) in [6.45, 7) is 10.2. The van der Waals surface area contributed by atoms with Crippen LogP contribution in [0.25, 0.3) is 6.08 Å². The Kier molecular flexibility index (Phi) is 5.22. The Morgan fingerprint density at radius 2 is 2.10 bits per heavy atom. The molecule has 1 aliphatic heterocycles. The van der Waals surface area contributed by atoms with E-state index in [9.17, 15) is 4.79 Å². The fraction of sp³-hybridized carbons (Fsp3) is 0.588. The number of carbonyl (C=O) groups is 1. The van der Waals surface area contributed by atoms with Gasteiger partial charge < -0.3 is 5.11 Å². The Balaban J connectivity index is 1.92. The molecule has 2 heterocycles. The van der Waals surface area contributed by atoms with Gasteiger partial charge in [-0.25, -0.2) is 4.79 Å². The highest BCUT2D eigenvalue weighted by Crippen LogP contribution is 2.35. The molecule has 4 heteroatoms.